The molecule has 1 aromatic carbocycles. The molecule has 2 rings (SSSR count). The number of benzene rings is 1. The van der Waals surface area contributed by atoms with E-state index >= 15 is 0 Å². The highest BCUT2D eigenvalue weighted by molar-refractivity contribution is 6.30. The van der Waals surface area contributed by atoms with Crippen LogP contribution in [0.15, 0.2) is 22.7 Å². The van der Waals surface area contributed by atoms with Crippen LogP contribution in [-0.2, 0) is 0 Å². The Morgan fingerprint density at radius 1 is 1.43 bits per heavy atom. The molecule has 6 heteroatoms. The monoisotopic (exact) mass is 213 g/mol. The fraction of sp³-hybridized carbons (Fsp3) is 0. The Morgan fingerprint density at radius 3 is 2.86 bits per heavy atom. The summed E-state index contributed by atoms with van der Waals surface area (Å²) in [5.41, 5.74) is 5.37. The largest absolute Gasteiger partial charge is 0.365 e. The molecule has 72 valence electrons. The van der Waals surface area contributed by atoms with E-state index in [1.165, 1.54) is 18.2 Å². The van der Waals surface area contributed by atoms with E-state index in [9.17, 15) is 4.39 Å². The summed E-state index contributed by atoms with van der Waals surface area (Å²) < 4.78 is 17.9. The first kappa shape index (κ1) is 8.96. The molecule has 0 radical (unpaired) electrons. The number of anilines is 1. The van der Waals surface area contributed by atoms with Gasteiger partial charge in [-0.2, -0.15) is 4.98 Å². The smallest absolute Gasteiger partial charge is 0.262 e. The van der Waals surface area contributed by atoms with Crippen LogP contribution in [0.1, 0.15) is 0 Å². The van der Waals surface area contributed by atoms with Gasteiger partial charge >= 0.3 is 0 Å². The summed E-state index contributed by atoms with van der Waals surface area (Å²) in [5.74, 6) is -0.514. The number of nitrogens with zero attached hydrogens (tertiary/aromatic N) is 2. The minimum atomic E-state index is -0.488. The summed E-state index contributed by atoms with van der Waals surface area (Å²) in [6.07, 6.45) is 0. The average Bonchev–Trinajstić information content (AvgIpc) is 2.56. The summed E-state index contributed by atoms with van der Waals surface area (Å²) in [5, 5.41) is 3.73. The van der Waals surface area contributed by atoms with E-state index in [0.717, 1.165) is 0 Å². The molecule has 2 N–H and O–H groups in total. The predicted molar refractivity (Wildman–Crippen MR) is 49.1 cm³/mol. The molecule has 0 bridgehead atoms. The molecule has 0 unspecified atom stereocenters. The summed E-state index contributed by atoms with van der Waals surface area (Å²) in [6.45, 7) is 0. The SMILES string of the molecule is Nc1noc(-c2cc(Cl)ccc2F)n1. The number of hydrogen-bond acceptors (Lipinski definition) is 4. The van der Waals surface area contributed by atoms with Crippen LogP contribution in [-0.4, -0.2) is 10.1 Å². The fourth-order valence-corrected chi connectivity index (χ4v) is 1.18. The Kier molecular flexibility index (Phi) is 2.09. The first-order valence-corrected chi connectivity index (χ1v) is 4.09. The minimum Gasteiger partial charge on any atom is -0.365 e. The van der Waals surface area contributed by atoms with Crippen LogP contribution in [0.5, 0.6) is 0 Å². The fourth-order valence-electron chi connectivity index (χ4n) is 1.01. The van der Waals surface area contributed by atoms with Gasteiger partial charge in [0.25, 0.3) is 11.8 Å². The molecule has 0 aliphatic rings. The molecule has 2 aromatic rings. The van der Waals surface area contributed by atoms with Crippen LogP contribution in [0.4, 0.5) is 10.3 Å². The average molecular weight is 214 g/mol. The van der Waals surface area contributed by atoms with Gasteiger partial charge in [0.2, 0.25) is 0 Å². The van der Waals surface area contributed by atoms with Crippen LogP contribution in [0, 0.1) is 5.82 Å². The molecule has 0 saturated carbocycles. The summed E-state index contributed by atoms with van der Waals surface area (Å²) >= 11 is 5.69. The van der Waals surface area contributed by atoms with Gasteiger partial charge in [-0.05, 0) is 23.4 Å². The zero-order valence-corrected chi connectivity index (χ0v) is 7.62. The molecular weight excluding hydrogens is 209 g/mol. The maximum Gasteiger partial charge on any atom is 0.262 e. The number of rotatable bonds is 1. The van der Waals surface area contributed by atoms with Crippen LogP contribution in [0.25, 0.3) is 11.5 Å². The van der Waals surface area contributed by atoms with Gasteiger partial charge in [-0.1, -0.05) is 11.6 Å². The van der Waals surface area contributed by atoms with E-state index < -0.39 is 5.82 Å². The maximum atomic E-state index is 13.2. The van der Waals surface area contributed by atoms with Gasteiger partial charge < -0.3 is 10.3 Å². The Morgan fingerprint density at radius 2 is 2.21 bits per heavy atom. The van der Waals surface area contributed by atoms with Crippen molar-refractivity contribution in [2.45, 2.75) is 0 Å². The molecule has 4 nitrogen and oxygen atoms in total. The number of halogens is 2. The second kappa shape index (κ2) is 3.26. The molecule has 0 amide bonds. The topological polar surface area (TPSA) is 64.9 Å². The van der Waals surface area contributed by atoms with E-state index in [4.69, 9.17) is 21.9 Å². The molecule has 0 fully saturated rings. The summed E-state index contributed by atoms with van der Waals surface area (Å²) in [6, 6.07) is 4.04. The van der Waals surface area contributed by atoms with Gasteiger partial charge in [-0.25, -0.2) is 4.39 Å². The third-order valence-corrected chi connectivity index (χ3v) is 1.84. The Balaban J connectivity index is 2.55. The quantitative estimate of drug-likeness (QED) is 0.788. The standard InChI is InChI=1S/C8H5ClFN3O/c9-4-1-2-6(10)5(3-4)7-12-8(11)13-14-7/h1-3H,(H2,11,13). The molecule has 0 aliphatic carbocycles. The highest BCUT2D eigenvalue weighted by Gasteiger charge is 2.12. The maximum absolute atomic E-state index is 13.2. The molecule has 14 heavy (non-hydrogen) atoms. The third kappa shape index (κ3) is 1.54. The number of nitrogen functional groups attached to an aromatic ring is 1. The van der Waals surface area contributed by atoms with Crippen molar-refractivity contribution in [1.82, 2.24) is 10.1 Å². The highest BCUT2D eigenvalue weighted by atomic mass is 35.5. The van der Waals surface area contributed by atoms with Crippen LogP contribution >= 0.6 is 11.6 Å². The number of aromatic nitrogens is 2. The van der Waals surface area contributed by atoms with E-state index in [2.05, 4.69) is 10.1 Å². The van der Waals surface area contributed by atoms with Crippen LogP contribution < -0.4 is 5.73 Å². The van der Waals surface area contributed by atoms with Gasteiger partial charge in [-0.15, -0.1) is 0 Å². The van der Waals surface area contributed by atoms with Crippen molar-refractivity contribution in [1.29, 1.82) is 0 Å². The third-order valence-electron chi connectivity index (χ3n) is 1.60. The summed E-state index contributed by atoms with van der Waals surface area (Å²) in [7, 11) is 0. The molecule has 1 heterocycles. The van der Waals surface area contributed by atoms with Crippen molar-refractivity contribution < 1.29 is 8.91 Å². The van der Waals surface area contributed by atoms with E-state index in [-0.39, 0.29) is 17.4 Å². The first-order chi connectivity index (χ1) is 6.66. The van der Waals surface area contributed by atoms with Gasteiger partial charge in [0, 0.05) is 5.02 Å². The molecule has 0 spiro atoms. The highest BCUT2D eigenvalue weighted by Crippen LogP contribution is 2.24. The summed E-state index contributed by atoms with van der Waals surface area (Å²) in [4.78, 5) is 3.68. The first-order valence-electron chi connectivity index (χ1n) is 3.71. The Hall–Kier alpha value is -1.62. The van der Waals surface area contributed by atoms with Gasteiger partial charge in [0.15, 0.2) is 0 Å². The van der Waals surface area contributed by atoms with Crippen molar-refractivity contribution in [3.05, 3.63) is 29.0 Å². The Bertz CT molecular complexity index is 471. The van der Waals surface area contributed by atoms with Crippen LogP contribution in [0.2, 0.25) is 5.02 Å². The lowest BCUT2D eigenvalue weighted by molar-refractivity contribution is 0.430. The molecular formula is C8H5ClFN3O. The van der Waals surface area contributed by atoms with Gasteiger partial charge in [0.1, 0.15) is 5.82 Å². The van der Waals surface area contributed by atoms with E-state index in [0.29, 0.717) is 5.02 Å². The predicted octanol–water partition coefficient (Wildman–Crippen LogP) is 2.11. The van der Waals surface area contributed by atoms with Gasteiger partial charge in [-0.3, -0.25) is 0 Å². The van der Waals surface area contributed by atoms with E-state index in [1.54, 1.807) is 0 Å². The normalized spacial score (nSPS) is 10.4. The van der Waals surface area contributed by atoms with Gasteiger partial charge in [0.05, 0.1) is 5.56 Å². The van der Waals surface area contributed by atoms with Crippen molar-refractivity contribution in [2.75, 3.05) is 5.73 Å². The lowest BCUT2D eigenvalue weighted by Crippen LogP contribution is -1.87. The molecule has 0 aliphatic heterocycles. The lowest BCUT2D eigenvalue weighted by atomic mass is 10.2. The molecule has 0 atom stereocenters. The van der Waals surface area contributed by atoms with Crippen molar-refractivity contribution in [3.63, 3.8) is 0 Å². The van der Waals surface area contributed by atoms with Crippen molar-refractivity contribution in [3.8, 4) is 11.5 Å². The zero-order chi connectivity index (χ0) is 10.1. The second-order valence-electron chi connectivity index (χ2n) is 2.58. The van der Waals surface area contributed by atoms with Crippen molar-refractivity contribution in [2.24, 2.45) is 0 Å². The molecule has 1 aromatic heterocycles. The minimum absolute atomic E-state index is 0.0162. The number of hydrogen-bond donors (Lipinski definition) is 1. The van der Waals surface area contributed by atoms with E-state index in [1.807, 2.05) is 0 Å². The Labute approximate surface area is 83.5 Å². The lowest BCUT2D eigenvalue weighted by Gasteiger charge is -1.96. The number of nitrogens with two attached hydrogens (primary N) is 1. The van der Waals surface area contributed by atoms with Crippen molar-refractivity contribution >= 4 is 17.5 Å². The molecule has 0 saturated heterocycles. The zero-order valence-electron chi connectivity index (χ0n) is 6.87. The van der Waals surface area contributed by atoms with Crippen LogP contribution in [0.3, 0.4) is 0 Å². The second-order valence-corrected chi connectivity index (χ2v) is 3.02.